The number of carbonyl (C=O) groups excluding carboxylic acids is 6. The largest absolute Gasteiger partial charge is 0.490 e. The van der Waals surface area contributed by atoms with Gasteiger partial charge in [0.15, 0.2) is 6.10 Å². The molecule has 0 saturated heterocycles. The Morgan fingerprint density at radius 3 is 1.65 bits per heavy atom. The van der Waals surface area contributed by atoms with Crippen LogP contribution < -0.4 is 31.7 Å². The van der Waals surface area contributed by atoms with E-state index < -0.39 is 95.3 Å². The molecule has 0 aliphatic heterocycles. The Kier molecular flexibility index (Phi) is 24.6. The van der Waals surface area contributed by atoms with Gasteiger partial charge in [0.25, 0.3) is 0 Å². The summed E-state index contributed by atoms with van der Waals surface area (Å²) in [6.07, 6.45) is -3.82. The molecule has 0 unspecified atom stereocenters. The lowest BCUT2D eigenvalue weighted by molar-refractivity contribution is -0.160. The number of hydrogen-bond donors (Lipinski definition) is 5. The summed E-state index contributed by atoms with van der Waals surface area (Å²) in [6.45, 7) is 22.6. The summed E-state index contributed by atoms with van der Waals surface area (Å²) in [7, 11) is 0. The molecule has 0 saturated carbocycles. The van der Waals surface area contributed by atoms with Gasteiger partial charge in [0.1, 0.15) is 77.1 Å². The highest BCUT2D eigenvalue weighted by atomic mass is 35.5. The van der Waals surface area contributed by atoms with E-state index >= 15 is 0 Å². The molecule has 450 valence electrons. The second-order valence-electron chi connectivity index (χ2n) is 22.9. The van der Waals surface area contributed by atoms with Crippen molar-refractivity contribution in [3.05, 3.63) is 76.6 Å². The topological polar surface area (TPSA) is 328 Å². The zero-order chi connectivity index (χ0) is 62.0. The molecule has 0 aliphatic rings. The highest BCUT2D eigenvalue weighted by Gasteiger charge is 2.34. The number of oxazole rings is 1. The maximum Gasteiger partial charge on any atom is 0.408 e. The number of benzene rings is 2. The van der Waals surface area contributed by atoms with Crippen molar-refractivity contribution in [3.63, 3.8) is 0 Å². The highest BCUT2D eigenvalue weighted by molar-refractivity contribution is 7.98. The summed E-state index contributed by atoms with van der Waals surface area (Å²) in [5, 5.41) is 31.8. The van der Waals surface area contributed by atoms with Crippen LogP contribution in [0.3, 0.4) is 0 Å². The number of anilines is 1. The lowest BCUT2D eigenvalue weighted by Crippen LogP contribution is -2.55. The van der Waals surface area contributed by atoms with Crippen molar-refractivity contribution in [3.8, 4) is 40.5 Å². The van der Waals surface area contributed by atoms with E-state index in [1.54, 1.807) is 145 Å². The zero-order valence-corrected chi connectivity index (χ0v) is 51.0. The summed E-state index contributed by atoms with van der Waals surface area (Å²) < 4.78 is 45.6. The molecule has 6 N–H and O–H groups in total. The van der Waals surface area contributed by atoms with Gasteiger partial charge in [-0.25, -0.2) is 19.6 Å². The third-order valence-electron chi connectivity index (χ3n) is 10.9. The number of nitriles is 2. The number of alkyl carbamates (subject to hydrolysis) is 2. The molecule has 25 heteroatoms. The van der Waals surface area contributed by atoms with Crippen molar-refractivity contribution < 1.29 is 66.3 Å². The van der Waals surface area contributed by atoms with Crippen molar-refractivity contribution in [2.75, 3.05) is 32.0 Å². The zero-order valence-electron chi connectivity index (χ0n) is 49.4. The van der Waals surface area contributed by atoms with E-state index in [0.717, 1.165) is 0 Å². The molecule has 4 amide bonds. The van der Waals surface area contributed by atoms with Crippen LogP contribution in [0.15, 0.2) is 64.2 Å². The Hall–Kier alpha value is -7.64. The van der Waals surface area contributed by atoms with E-state index in [4.69, 9.17) is 54.9 Å². The van der Waals surface area contributed by atoms with Gasteiger partial charge in [-0.3, -0.25) is 19.2 Å². The van der Waals surface area contributed by atoms with Crippen molar-refractivity contribution in [2.45, 2.75) is 173 Å². The standard InChI is InChI=1S/C58H76ClN9O14S/c1-33(79-55(3,4)5)46(66-53(73)81-57(9,10)11)49(71)63-25-23-43(69)76-31-40(78-44(70)24-26-64-50(72)47(34(2)80-56(6,7)8)67-54(74)82-58(12,13)14)30-75-39-21-17-35(18-22-39)45-41(27-60)48(62)68-52(42(45)28-61)83-32-38-29-77-51(65-38)36-15-19-37(59)20-16-36/h15-22,29,33-34,40,46-47H,23-26,30-32H2,1-14H3,(H2,62,68)(H,63,71)(H,64,72)(H,66,73)(H,67,74)/t33-,34-,40+,46+,47+/m1/s1. The third-order valence-corrected chi connectivity index (χ3v) is 12.2. The molecule has 83 heavy (non-hydrogen) atoms. The molecule has 0 aliphatic carbocycles. The number of esters is 2. The lowest BCUT2D eigenvalue weighted by Gasteiger charge is -2.31. The maximum absolute atomic E-state index is 13.5. The fourth-order valence-electron chi connectivity index (χ4n) is 7.67. The number of ether oxygens (including phenoxy) is 7. The molecule has 0 spiro atoms. The fraction of sp³-hybridized carbons (Fsp3) is 0.517. The number of aromatic nitrogens is 2. The van der Waals surface area contributed by atoms with Gasteiger partial charge in [-0.15, -0.1) is 0 Å². The van der Waals surface area contributed by atoms with Gasteiger partial charge in [0.2, 0.25) is 17.7 Å². The van der Waals surface area contributed by atoms with Crippen molar-refractivity contribution in [1.82, 2.24) is 31.2 Å². The first kappa shape index (κ1) is 67.9. The number of nitrogen functional groups attached to an aromatic ring is 1. The minimum Gasteiger partial charge on any atom is -0.490 e. The summed E-state index contributed by atoms with van der Waals surface area (Å²) >= 11 is 7.21. The minimum atomic E-state index is -1.24. The van der Waals surface area contributed by atoms with Gasteiger partial charge >= 0.3 is 24.1 Å². The Balaban J connectivity index is 1.51. The van der Waals surface area contributed by atoms with Crippen LogP contribution in [0.5, 0.6) is 5.75 Å². The first-order chi connectivity index (χ1) is 38.6. The minimum absolute atomic E-state index is 0.0282. The maximum atomic E-state index is 13.5. The number of carbonyl (C=O) groups is 6. The van der Waals surface area contributed by atoms with Gasteiger partial charge in [-0.05, 0) is 139 Å². The number of halogens is 1. The fourth-order valence-corrected chi connectivity index (χ4v) is 8.66. The summed E-state index contributed by atoms with van der Waals surface area (Å²) in [4.78, 5) is 88.0. The third kappa shape index (κ3) is 23.6. The van der Waals surface area contributed by atoms with Gasteiger partial charge in [-0.2, -0.15) is 10.5 Å². The number of thioether (sulfide) groups is 1. The summed E-state index contributed by atoms with van der Waals surface area (Å²) in [5.74, 6) is -2.21. The van der Waals surface area contributed by atoms with Crippen molar-refractivity contribution in [1.29, 1.82) is 10.5 Å². The molecule has 0 radical (unpaired) electrons. The Bertz CT molecular complexity index is 2970. The second kappa shape index (κ2) is 30.1. The van der Waals surface area contributed by atoms with E-state index in [1.807, 2.05) is 0 Å². The van der Waals surface area contributed by atoms with Gasteiger partial charge in [-0.1, -0.05) is 35.5 Å². The molecule has 23 nitrogen and oxygen atoms in total. The van der Waals surface area contributed by atoms with Crippen LogP contribution in [0.25, 0.3) is 22.6 Å². The van der Waals surface area contributed by atoms with Crippen LogP contribution in [-0.2, 0) is 53.4 Å². The van der Waals surface area contributed by atoms with Crippen LogP contribution in [0.4, 0.5) is 15.4 Å². The molecule has 4 rings (SSSR count). The second-order valence-corrected chi connectivity index (χ2v) is 24.3. The monoisotopic (exact) mass is 1190 g/mol. The smallest absolute Gasteiger partial charge is 0.408 e. The molecule has 0 bridgehead atoms. The normalized spacial score (nSPS) is 13.6. The number of nitrogens with one attached hydrogen (secondary N) is 4. The van der Waals surface area contributed by atoms with Crippen molar-refractivity contribution >= 4 is 65.1 Å². The molecular weight excluding hydrogens is 1110 g/mol. The number of nitrogens with two attached hydrogens (primary N) is 1. The number of amides is 4. The summed E-state index contributed by atoms with van der Waals surface area (Å²) in [5.41, 5.74) is 5.19. The predicted octanol–water partition coefficient (Wildman–Crippen LogP) is 8.72. The number of hydrogen-bond acceptors (Lipinski definition) is 20. The molecule has 4 aromatic rings. The average molecular weight is 1190 g/mol. The van der Waals surface area contributed by atoms with Crippen LogP contribution in [0.1, 0.15) is 127 Å². The number of nitrogens with zero attached hydrogens (tertiary/aromatic N) is 4. The van der Waals surface area contributed by atoms with Crippen LogP contribution in [0.2, 0.25) is 5.02 Å². The number of pyridine rings is 1. The van der Waals surface area contributed by atoms with Gasteiger partial charge in [0.05, 0.1) is 47.5 Å². The van der Waals surface area contributed by atoms with Crippen LogP contribution in [0, 0.1) is 22.7 Å². The molecule has 5 atom stereocenters. The summed E-state index contributed by atoms with van der Waals surface area (Å²) in [6, 6.07) is 15.0. The molecule has 2 heterocycles. The number of rotatable bonds is 25. The van der Waals surface area contributed by atoms with Crippen LogP contribution >= 0.6 is 23.4 Å². The predicted molar refractivity (Wildman–Crippen MR) is 309 cm³/mol. The molecule has 2 aromatic heterocycles. The highest BCUT2D eigenvalue weighted by Crippen LogP contribution is 2.37. The first-order valence-corrected chi connectivity index (χ1v) is 28.0. The van der Waals surface area contributed by atoms with Gasteiger partial charge < -0.3 is 64.6 Å². The SMILES string of the molecule is C[C@@H](OC(C)(C)C)[C@H](NC(=O)OC(C)(C)C)C(=O)NCCC(=O)OC[C@H](COc1ccc(-c2c(C#N)c(N)nc(SCc3coc(-c4ccc(Cl)cc4)n3)c2C#N)cc1)OC(=O)CCNC(=O)[C@@H](NC(=O)OC(C)(C)C)[C@@H](C)OC(C)(C)C. The molecular formula is C58H76ClN9O14S. The molecule has 2 aromatic carbocycles. The van der Waals surface area contributed by atoms with E-state index in [-0.39, 0.29) is 71.6 Å². The van der Waals surface area contributed by atoms with E-state index in [2.05, 4.69) is 43.4 Å². The molecule has 0 fully saturated rings. The Morgan fingerprint density at radius 2 is 1.17 bits per heavy atom. The lowest BCUT2D eigenvalue weighted by atomic mass is 9.97. The average Bonchev–Trinajstić information content (AvgIpc) is 3.48. The van der Waals surface area contributed by atoms with E-state index in [1.165, 1.54) is 18.0 Å². The van der Waals surface area contributed by atoms with Crippen molar-refractivity contribution in [2.24, 2.45) is 0 Å². The quantitative estimate of drug-likeness (QED) is 0.0235. The Morgan fingerprint density at radius 1 is 0.675 bits per heavy atom. The van der Waals surface area contributed by atoms with E-state index in [9.17, 15) is 39.3 Å². The first-order valence-electron chi connectivity index (χ1n) is 26.6. The van der Waals surface area contributed by atoms with Crippen LogP contribution in [-0.4, -0.2) is 125 Å². The van der Waals surface area contributed by atoms with E-state index in [0.29, 0.717) is 27.7 Å². The van der Waals surface area contributed by atoms with Gasteiger partial charge in [0, 0.05) is 35.0 Å². The Labute approximate surface area is 493 Å².